The van der Waals surface area contributed by atoms with Crippen molar-refractivity contribution in [2.75, 3.05) is 13.2 Å². The molecule has 0 aliphatic carbocycles. The summed E-state index contributed by atoms with van der Waals surface area (Å²) in [5.74, 6) is 0. The summed E-state index contributed by atoms with van der Waals surface area (Å²) in [4.78, 5) is 3.36. The summed E-state index contributed by atoms with van der Waals surface area (Å²) in [6.45, 7) is 1.43. The Hall–Kier alpha value is -1.32. The Bertz CT molecular complexity index is 424. The second-order valence-corrected chi connectivity index (χ2v) is 3.76. The van der Waals surface area contributed by atoms with E-state index in [1.165, 1.54) is 16.6 Å². The summed E-state index contributed by atoms with van der Waals surface area (Å²) in [5.41, 5.74) is 2.34. The predicted octanol–water partition coefficient (Wildman–Crippen LogP) is 2.08. The summed E-state index contributed by atoms with van der Waals surface area (Å²) >= 11 is 0. The number of ether oxygens (including phenoxy) is 2. The number of benzene rings is 1. The fourth-order valence-corrected chi connectivity index (χ4v) is 1.95. The highest BCUT2D eigenvalue weighted by Crippen LogP contribution is 2.17. The smallest absolute Gasteiger partial charge is 0.163 e. The van der Waals surface area contributed by atoms with Crippen LogP contribution in [0.15, 0.2) is 30.3 Å². The molecule has 0 amide bonds. The van der Waals surface area contributed by atoms with E-state index in [1.807, 2.05) is 12.1 Å². The maximum atomic E-state index is 5.41. The minimum absolute atomic E-state index is 0.0712. The first-order chi connectivity index (χ1) is 7.42. The molecule has 1 aliphatic heterocycles. The largest absolute Gasteiger partial charge is 0.358 e. The van der Waals surface area contributed by atoms with Gasteiger partial charge in [0.2, 0.25) is 0 Å². The van der Waals surface area contributed by atoms with E-state index in [2.05, 4.69) is 23.2 Å². The molecule has 3 heteroatoms. The summed E-state index contributed by atoms with van der Waals surface area (Å²) in [6.07, 6.45) is 0.729. The van der Waals surface area contributed by atoms with Crippen LogP contribution in [-0.4, -0.2) is 24.5 Å². The first-order valence-corrected chi connectivity index (χ1v) is 5.22. The molecule has 15 heavy (non-hydrogen) atoms. The van der Waals surface area contributed by atoms with Crippen molar-refractivity contribution in [3.05, 3.63) is 36.0 Å². The van der Waals surface area contributed by atoms with Crippen LogP contribution in [0.2, 0.25) is 0 Å². The first-order valence-electron chi connectivity index (χ1n) is 5.22. The topological polar surface area (TPSA) is 34.2 Å². The minimum Gasteiger partial charge on any atom is -0.358 e. The standard InChI is InChI=1S/C12H13NO2/c1-2-4-11-9(3-1)7-10(13-11)8-12-14-5-6-15-12/h1-4,7,12-13H,5-6,8H2. The minimum atomic E-state index is -0.0712. The molecule has 3 nitrogen and oxygen atoms in total. The number of hydrogen-bond acceptors (Lipinski definition) is 2. The molecular weight excluding hydrogens is 190 g/mol. The molecule has 1 aromatic carbocycles. The van der Waals surface area contributed by atoms with E-state index in [9.17, 15) is 0 Å². The second-order valence-electron chi connectivity index (χ2n) is 3.76. The van der Waals surface area contributed by atoms with Crippen LogP contribution in [0.1, 0.15) is 5.69 Å². The van der Waals surface area contributed by atoms with Gasteiger partial charge in [-0.15, -0.1) is 0 Å². The highest BCUT2D eigenvalue weighted by atomic mass is 16.7. The number of nitrogens with one attached hydrogen (secondary N) is 1. The Morgan fingerprint density at radius 3 is 2.80 bits per heavy atom. The third-order valence-corrected chi connectivity index (χ3v) is 2.66. The average molecular weight is 203 g/mol. The number of para-hydroxylation sites is 1. The van der Waals surface area contributed by atoms with E-state index in [-0.39, 0.29) is 6.29 Å². The van der Waals surface area contributed by atoms with Gasteiger partial charge in [0, 0.05) is 17.6 Å². The molecule has 78 valence electrons. The third-order valence-electron chi connectivity index (χ3n) is 2.66. The Labute approximate surface area is 88.0 Å². The number of rotatable bonds is 2. The van der Waals surface area contributed by atoms with Gasteiger partial charge >= 0.3 is 0 Å². The van der Waals surface area contributed by atoms with Crippen molar-refractivity contribution in [2.45, 2.75) is 12.7 Å². The van der Waals surface area contributed by atoms with Crippen LogP contribution in [0.5, 0.6) is 0 Å². The number of hydrogen-bond donors (Lipinski definition) is 1. The van der Waals surface area contributed by atoms with Crippen molar-refractivity contribution < 1.29 is 9.47 Å². The van der Waals surface area contributed by atoms with E-state index in [0.29, 0.717) is 13.2 Å². The number of aromatic amines is 1. The van der Waals surface area contributed by atoms with Crippen LogP contribution in [0, 0.1) is 0 Å². The molecule has 3 rings (SSSR count). The monoisotopic (exact) mass is 203 g/mol. The van der Waals surface area contributed by atoms with Crippen LogP contribution in [0.3, 0.4) is 0 Å². The SMILES string of the molecule is c1ccc2[nH]c(CC3OCCO3)cc2c1. The fraction of sp³-hybridized carbons (Fsp3) is 0.333. The number of fused-ring (bicyclic) bond motifs is 1. The Kier molecular flexibility index (Phi) is 2.19. The first kappa shape index (κ1) is 8.95. The molecule has 1 N–H and O–H groups in total. The van der Waals surface area contributed by atoms with Gasteiger partial charge in [0.25, 0.3) is 0 Å². The maximum absolute atomic E-state index is 5.41. The quantitative estimate of drug-likeness (QED) is 0.810. The van der Waals surface area contributed by atoms with Gasteiger partial charge in [-0.1, -0.05) is 18.2 Å². The van der Waals surface area contributed by atoms with E-state index >= 15 is 0 Å². The van der Waals surface area contributed by atoms with Gasteiger partial charge in [-0.05, 0) is 17.5 Å². The molecule has 1 aromatic heterocycles. The van der Waals surface area contributed by atoms with Crippen LogP contribution < -0.4 is 0 Å². The van der Waals surface area contributed by atoms with Crippen molar-refractivity contribution in [3.8, 4) is 0 Å². The highest BCUT2D eigenvalue weighted by molar-refractivity contribution is 5.80. The zero-order valence-electron chi connectivity index (χ0n) is 8.40. The fourth-order valence-electron chi connectivity index (χ4n) is 1.95. The van der Waals surface area contributed by atoms with Crippen LogP contribution >= 0.6 is 0 Å². The van der Waals surface area contributed by atoms with Crippen molar-refractivity contribution in [1.82, 2.24) is 4.98 Å². The van der Waals surface area contributed by atoms with Crippen LogP contribution in [-0.2, 0) is 15.9 Å². The van der Waals surface area contributed by atoms with Crippen LogP contribution in [0.4, 0.5) is 0 Å². The van der Waals surface area contributed by atoms with Gasteiger partial charge in [-0.25, -0.2) is 0 Å². The van der Waals surface area contributed by atoms with Gasteiger partial charge in [-0.2, -0.15) is 0 Å². The lowest BCUT2D eigenvalue weighted by molar-refractivity contribution is -0.0405. The number of H-pyrrole nitrogens is 1. The Morgan fingerprint density at radius 1 is 1.20 bits per heavy atom. The lowest BCUT2D eigenvalue weighted by Crippen LogP contribution is -2.11. The van der Waals surface area contributed by atoms with E-state index in [1.54, 1.807) is 0 Å². The van der Waals surface area contributed by atoms with Crippen molar-refractivity contribution in [2.24, 2.45) is 0 Å². The lowest BCUT2D eigenvalue weighted by atomic mass is 10.2. The summed E-state index contributed by atoms with van der Waals surface area (Å²) < 4.78 is 10.8. The molecule has 1 saturated heterocycles. The molecule has 0 radical (unpaired) electrons. The molecular formula is C12H13NO2. The lowest BCUT2D eigenvalue weighted by Gasteiger charge is -2.06. The van der Waals surface area contributed by atoms with E-state index < -0.39 is 0 Å². The van der Waals surface area contributed by atoms with Crippen molar-refractivity contribution >= 4 is 10.9 Å². The van der Waals surface area contributed by atoms with Gasteiger partial charge in [0.15, 0.2) is 6.29 Å². The maximum Gasteiger partial charge on any atom is 0.163 e. The van der Waals surface area contributed by atoms with Gasteiger partial charge in [0.05, 0.1) is 13.2 Å². The summed E-state index contributed by atoms with van der Waals surface area (Å²) in [5, 5.41) is 1.24. The van der Waals surface area contributed by atoms with Gasteiger partial charge in [-0.3, -0.25) is 0 Å². The molecule has 0 unspecified atom stereocenters. The Balaban J connectivity index is 1.84. The van der Waals surface area contributed by atoms with Crippen LogP contribution in [0.25, 0.3) is 10.9 Å². The molecule has 1 fully saturated rings. The van der Waals surface area contributed by atoms with Crippen molar-refractivity contribution in [3.63, 3.8) is 0 Å². The van der Waals surface area contributed by atoms with E-state index in [4.69, 9.17) is 9.47 Å². The number of aromatic nitrogens is 1. The highest BCUT2D eigenvalue weighted by Gasteiger charge is 2.17. The third kappa shape index (κ3) is 1.76. The zero-order valence-corrected chi connectivity index (χ0v) is 8.40. The van der Waals surface area contributed by atoms with Gasteiger partial charge < -0.3 is 14.5 Å². The molecule has 0 bridgehead atoms. The van der Waals surface area contributed by atoms with Gasteiger partial charge in [0.1, 0.15) is 0 Å². The molecule has 0 atom stereocenters. The summed E-state index contributed by atoms with van der Waals surface area (Å²) in [7, 11) is 0. The predicted molar refractivity (Wildman–Crippen MR) is 57.7 cm³/mol. The molecule has 2 aromatic rings. The van der Waals surface area contributed by atoms with Crippen molar-refractivity contribution in [1.29, 1.82) is 0 Å². The Morgan fingerprint density at radius 2 is 2.00 bits per heavy atom. The summed E-state index contributed by atoms with van der Waals surface area (Å²) in [6, 6.07) is 10.4. The molecule has 0 spiro atoms. The second kappa shape index (κ2) is 3.68. The van der Waals surface area contributed by atoms with E-state index in [0.717, 1.165) is 6.42 Å². The average Bonchev–Trinajstić information content (AvgIpc) is 2.86. The molecule has 2 heterocycles. The normalized spacial score (nSPS) is 17.6. The molecule has 1 aliphatic rings. The molecule has 0 saturated carbocycles. The zero-order chi connectivity index (χ0) is 10.1.